The molecule has 2 aromatic heterocycles. The monoisotopic (exact) mass is 362 g/mol. The fourth-order valence-electron chi connectivity index (χ4n) is 3.04. The molecular weight excluding hydrogens is 336 g/mol. The van der Waals surface area contributed by atoms with E-state index in [1.54, 1.807) is 11.3 Å². The predicted octanol–water partition coefficient (Wildman–Crippen LogP) is 3.36. The Balaban J connectivity index is 1.60. The summed E-state index contributed by atoms with van der Waals surface area (Å²) in [7, 11) is 0. The topological polar surface area (TPSA) is 66.3 Å². The lowest BCUT2D eigenvalue weighted by Gasteiger charge is -2.21. The van der Waals surface area contributed by atoms with E-state index >= 15 is 0 Å². The number of nitrogens with one attached hydrogen (secondary N) is 1. The van der Waals surface area contributed by atoms with E-state index < -0.39 is 0 Å². The molecule has 3 heterocycles. The summed E-state index contributed by atoms with van der Waals surface area (Å²) >= 11 is 1.64. The molecule has 0 aromatic carbocycles. The molecule has 2 amide bonds. The van der Waals surface area contributed by atoms with E-state index in [2.05, 4.69) is 34.1 Å². The number of aromatic nitrogens is 3. The molecule has 0 saturated carbocycles. The van der Waals surface area contributed by atoms with Crippen molar-refractivity contribution in [3.05, 3.63) is 23.3 Å². The van der Waals surface area contributed by atoms with Gasteiger partial charge in [0.2, 0.25) is 0 Å². The van der Waals surface area contributed by atoms with Crippen LogP contribution in [-0.2, 0) is 0 Å². The Morgan fingerprint density at radius 3 is 2.92 bits per heavy atom. The Bertz CT molecular complexity index is 698. The molecule has 0 bridgehead atoms. The number of aryl methyl sites for hydroxylation is 1. The van der Waals surface area contributed by atoms with E-state index in [1.807, 2.05) is 34.1 Å². The summed E-state index contributed by atoms with van der Waals surface area (Å²) in [5, 5.41) is 10.5. The summed E-state index contributed by atoms with van der Waals surface area (Å²) in [5.74, 6) is 0.629. The Labute approximate surface area is 152 Å². The van der Waals surface area contributed by atoms with Crippen molar-refractivity contribution in [2.75, 3.05) is 36.4 Å². The highest BCUT2D eigenvalue weighted by molar-refractivity contribution is 7.13. The van der Waals surface area contributed by atoms with Crippen LogP contribution in [0.4, 0.5) is 15.7 Å². The fraction of sp³-hybridized carbons (Fsp3) is 0.588. The van der Waals surface area contributed by atoms with Gasteiger partial charge in [-0.25, -0.2) is 9.78 Å². The van der Waals surface area contributed by atoms with Crippen molar-refractivity contribution in [3.63, 3.8) is 0 Å². The average molecular weight is 363 g/mol. The Morgan fingerprint density at radius 1 is 1.36 bits per heavy atom. The van der Waals surface area contributed by atoms with Gasteiger partial charge in [-0.05, 0) is 26.7 Å². The third kappa shape index (κ3) is 4.12. The standard InChI is InChI=1S/C17H26N6OS/c1-4-13(2)23-14(3)12-15(20-23)19-16(24)21-7-5-8-22(10-9-21)17-18-6-11-25-17/h6,11-13H,4-5,7-10H2,1-3H3,(H,19,20,24). The van der Waals surface area contributed by atoms with Crippen LogP contribution in [0.15, 0.2) is 17.6 Å². The lowest BCUT2D eigenvalue weighted by atomic mass is 10.2. The number of carbonyl (C=O) groups is 1. The molecule has 8 heteroatoms. The van der Waals surface area contributed by atoms with Gasteiger partial charge < -0.3 is 9.80 Å². The first-order valence-electron chi connectivity index (χ1n) is 8.85. The zero-order valence-electron chi connectivity index (χ0n) is 15.1. The van der Waals surface area contributed by atoms with Crippen LogP contribution < -0.4 is 10.2 Å². The van der Waals surface area contributed by atoms with Gasteiger partial charge >= 0.3 is 6.03 Å². The first-order valence-corrected chi connectivity index (χ1v) is 9.73. The van der Waals surface area contributed by atoms with Crippen molar-refractivity contribution in [2.24, 2.45) is 0 Å². The van der Waals surface area contributed by atoms with E-state index in [-0.39, 0.29) is 6.03 Å². The van der Waals surface area contributed by atoms with Gasteiger partial charge in [-0.2, -0.15) is 5.10 Å². The second-order valence-electron chi connectivity index (χ2n) is 6.45. The Hall–Kier alpha value is -2.09. The number of urea groups is 1. The van der Waals surface area contributed by atoms with E-state index in [4.69, 9.17) is 0 Å². The summed E-state index contributed by atoms with van der Waals surface area (Å²) in [6.45, 7) is 9.46. The molecule has 0 aliphatic carbocycles. The van der Waals surface area contributed by atoms with Crippen molar-refractivity contribution in [1.29, 1.82) is 0 Å². The molecule has 1 saturated heterocycles. The average Bonchev–Trinajstić information content (AvgIpc) is 3.18. The minimum absolute atomic E-state index is 0.0743. The van der Waals surface area contributed by atoms with Crippen LogP contribution in [0.2, 0.25) is 0 Å². The van der Waals surface area contributed by atoms with Crippen molar-refractivity contribution in [3.8, 4) is 0 Å². The van der Waals surface area contributed by atoms with Crippen molar-refractivity contribution < 1.29 is 4.79 Å². The zero-order chi connectivity index (χ0) is 17.8. The Morgan fingerprint density at radius 2 is 2.20 bits per heavy atom. The van der Waals surface area contributed by atoms with Crippen LogP contribution in [-0.4, -0.2) is 51.9 Å². The van der Waals surface area contributed by atoms with Crippen LogP contribution >= 0.6 is 11.3 Å². The molecule has 1 unspecified atom stereocenters. The second-order valence-corrected chi connectivity index (χ2v) is 7.32. The number of hydrogen-bond acceptors (Lipinski definition) is 5. The smallest absolute Gasteiger partial charge is 0.323 e. The third-order valence-corrected chi connectivity index (χ3v) is 5.47. The van der Waals surface area contributed by atoms with E-state index in [1.165, 1.54) is 0 Å². The molecular formula is C17H26N6OS. The number of thiazole rings is 1. The molecule has 0 radical (unpaired) electrons. The minimum atomic E-state index is -0.0743. The van der Waals surface area contributed by atoms with Gasteiger partial charge in [0.05, 0.1) is 0 Å². The minimum Gasteiger partial charge on any atom is -0.346 e. The lowest BCUT2D eigenvalue weighted by molar-refractivity contribution is 0.215. The van der Waals surface area contributed by atoms with Crippen LogP contribution in [0, 0.1) is 6.92 Å². The third-order valence-electron chi connectivity index (χ3n) is 4.64. The highest BCUT2D eigenvalue weighted by atomic mass is 32.1. The number of rotatable bonds is 4. The fourth-order valence-corrected chi connectivity index (χ4v) is 3.74. The van der Waals surface area contributed by atoms with Crippen LogP contribution in [0.1, 0.15) is 38.4 Å². The number of hydrogen-bond donors (Lipinski definition) is 1. The predicted molar refractivity (Wildman–Crippen MR) is 102 cm³/mol. The summed E-state index contributed by atoms with van der Waals surface area (Å²) in [6, 6.07) is 2.19. The number of amides is 2. The van der Waals surface area contributed by atoms with Gasteiger partial charge in [0, 0.05) is 55.6 Å². The summed E-state index contributed by atoms with van der Waals surface area (Å²) < 4.78 is 1.97. The van der Waals surface area contributed by atoms with Crippen molar-refractivity contribution in [1.82, 2.24) is 19.7 Å². The Kier molecular flexibility index (Phi) is 5.57. The van der Waals surface area contributed by atoms with Crippen LogP contribution in [0.3, 0.4) is 0 Å². The molecule has 1 aliphatic heterocycles. The molecule has 3 rings (SSSR count). The maximum Gasteiger partial charge on any atom is 0.323 e. The molecule has 25 heavy (non-hydrogen) atoms. The zero-order valence-corrected chi connectivity index (χ0v) is 15.9. The highest BCUT2D eigenvalue weighted by Gasteiger charge is 2.21. The maximum atomic E-state index is 12.6. The normalized spacial score (nSPS) is 16.6. The molecule has 2 aromatic rings. The molecule has 1 N–H and O–H groups in total. The van der Waals surface area contributed by atoms with Crippen LogP contribution in [0.25, 0.3) is 0 Å². The molecule has 0 spiro atoms. The van der Waals surface area contributed by atoms with E-state index in [9.17, 15) is 4.79 Å². The van der Waals surface area contributed by atoms with Gasteiger partial charge in [-0.15, -0.1) is 11.3 Å². The summed E-state index contributed by atoms with van der Waals surface area (Å²) in [4.78, 5) is 21.1. The highest BCUT2D eigenvalue weighted by Crippen LogP contribution is 2.20. The molecule has 7 nitrogen and oxygen atoms in total. The van der Waals surface area contributed by atoms with Gasteiger partial charge in [0.15, 0.2) is 10.9 Å². The van der Waals surface area contributed by atoms with E-state index in [0.717, 1.165) is 43.3 Å². The van der Waals surface area contributed by atoms with Gasteiger partial charge in [0.25, 0.3) is 0 Å². The molecule has 1 aliphatic rings. The van der Waals surface area contributed by atoms with Gasteiger partial charge in [-0.1, -0.05) is 6.92 Å². The second kappa shape index (κ2) is 7.86. The SMILES string of the molecule is CCC(C)n1nc(NC(=O)N2CCCN(c3nccs3)CC2)cc1C. The number of nitrogens with zero attached hydrogens (tertiary/aromatic N) is 5. The van der Waals surface area contributed by atoms with Gasteiger partial charge in [0.1, 0.15) is 0 Å². The molecule has 1 fully saturated rings. The first kappa shape index (κ1) is 17.7. The number of anilines is 2. The molecule has 1 atom stereocenters. The largest absolute Gasteiger partial charge is 0.346 e. The quantitative estimate of drug-likeness (QED) is 0.906. The lowest BCUT2D eigenvalue weighted by Crippen LogP contribution is -2.38. The molecule has 136 valence electrons. The van der Waals surface area contributed by atoms with Crippen LogP contribution in [0.5, 0.6) is 0 Å². The summed E-state index contributed by atoms with van der Waals surface area (Å²) in [5.41, 5.74) is 1.07. The number of carbonyl (C=O) groups excluding carboxylic acids is 1. The summed E-state index contributed by atoms with van der Waals surface area (Å²) in [6.07, 6.45) is 3.77. The first-order chi connectivity index (χ1) is 12.1. The van der Waals surface area contributed by atoms with Crippen molar-refractivity contribution >= 4 is 28.3 Å². The van der Waals surface area contributed by atoms with E-state index in [0.29, 0.717) is 18.4 Å². The van der Waals surface area contributed by atoms with Gasteiger partial charge in [-0.3, -0.25) is 10.00 Å². The van der Waals surface area contributed by atoms with Crippen molar-refractivity contribution in [2.45, 2.75) is 39.7 Å². The maximum absolute atomic E-state index is 12.6.